The van der Waals surface area contributed by atoms with Crippen LogP contribution in [0.15, 0.2) is 24.3 Å². The van der Waals surface area contributed by atoms with Crippen LogP contribution in [0.2, 0.25) is 0 Å². The van der Waals surface area contributed by atoms with E-state index in [1.165, 1.54) is 0 Å². The summed E-state index contributed by atoms with van der Waals surface area (Å²) in [7, 11) is 0. The summed E-state index contributed by atoms with van der Waals surface area (Å²) in [6.45, 7) is 4.67. The van der Waals surface area contributed by atoms with E-state index in [0.29, 0.717) is 12.5 Å². The van der Waals surface area contributed by atoms with Gasteiger partial charge in [-0.3, -0.25) is 0 Å². The minimum Gasteiger partial charge on any atom is -0.494 e. The standard InChI is InChI=1S/C14H21NO2/c1-2-17-13-5-3-11(4-6-13)14(16)12-7-9-15-10-8-12/h3-6,12,14-16H,2,7-10H2,1H3. The summed E-state index contributed by atoms with van der Waals surface area (Å²) in [6.07, 6.45) is 1.76. The lowest BCUT2D eigenvalue weighted by Gasteiger charge is -2.27. The van der Waals surface area contributed by atoms with Gasteiger partial charge in [-0.1, -0.05) is 12.1 Å². The van der Waals surface area contributed by atoms with Crippen molar-refractivity contribution < 1.29 is 9.84 Å². The number of piperidine rings is 1. The molecule has 0 spiro atoms. The molecule has 0 bridgehead atoms. The van der Waals surface area contributed by atoms with Crippen molar-refractivity contribution in [2.45, 2.75) is 25.9 Å². The van der Waals surface area contributed by atoms with Crippen LogP contribution in [-0.2, 0) is 0 Å². The number of hydrogen-bond donors (Lipinski definition) is 2. The molecule has 0 aromatic heterocycles. The van der Waals surface area contributed by atoms with Crippen LogP contribution in [-0.4, -0.2) is 24.8 Å². The Hall–Kier alpha value is -1.06. The Morgan fingerprint density at radius 1 is 1.29 bits per heavy atom. The molecular weight excluding hydrogens is 214 g/mol. The molecule has 1 heterocycles. The Balaban J connectivity index is 2.00. The van der Waals surface area contributed by atoms with Gasteiger partial charge in [0.1, 0.15) is 5.75 Å². The zero-order valence-electron chi connectivity index (χ0n) is 10.4. The minimum atomic E-state index is -0.340. The predicted molar refractivity (Wildman–Crippen MR) is 68.2 cm³/mol. The Bertz CT molecular complexity index is 331. The quantitative estimate of drug-likeness (QED) is 0.840. The first-order chi connectivity index (χ1) is 8.31. The average molecular weight is 235 g/mol. The summed E-state index contributed by atoms with van der Waals surface area (Å²) in [5.74, 6) is 1.25. The van der Waals surface area contributed by atoms with Crippen molar-refractivity contribution in [2.75, 3.05) is 19.7 Å². The Morgan fingerprint density at radius 2 is 1.94 bits per heavy atom. The van der Waals surface area contributed by atoms with Crippen LogP contribution in [0.1, 0.15) is 31.4 Å². The van der Waals surface area contributed by atoms with E-state index in [0.717, 1.165) is 37.2 Å². The lowest BCUT2D eigenvalue weighted by Crippen LogP contribution is -2.30. The number of ether oxygens (including phenoxy) is 1. The zero-order valence-corrected chi connectivity index (χ0v) is 10.4. The Labute approximate surface area is 103 Å². The summed E-state index contributed by atoms with van der Waals surface area (Å²) in [5, 5.41) is 13.6. The summed E-state index contributed by atoms with van der Waals surface area (Å²) in [6, 6.07) is 7.81. The molecule has 94 valence electrons. The molecule has 1 fully saturated rings. The molecule has 3 heteroatoms. The van der Waals surface area contributed by atoms with Gasteiger partial charge in [-0.25, -0.2) is 0 Å². The van der Waals surface area contributed by atoms with E-state index < -0.39 is 0 Å². The van der Waals surface area contributed by atoms with Crippen LogP contribution in [0.4, 0.5) is 0 Å². The largest absolute Gasteiger partial charge is 0.494 e. The van der Waals surface area contributed by atoms with Crippen molar-refractivity contribution in [2.24, 2.45) is 5.92 Å². The van der Waals surface area contributed by atoms with Crippen molar-refractivity contribution in [3.8, 4) is 5.75 Å². The van der Waals surface area contributed by atoms with Crippen LogP contribution in [0.5, 0.6) is 5.75 Å². The zero-order chi connectivity index (χ0) is 12.1. The van der Waals surface area contributed by atoms with Gasteiger partial charge in [0.05, 0.1) is 12.7 Å². The van der Waals surface area contributed by atoms with Gasteiger partial charge >= 0.3 is 0 Å². The fourth-order valence-corrected chi connectivity index (χ4v) is 2.36. The van der Waals surface area contributed by atoms with Crippen molar-refractivity contribution in [3.05, 3.63) is 29.8 Å². The molecule has 2 rings (SSSR count). The summed E-state index contributed by atoms with van der Waals surface area (Å²) >= 11 is 0. The second-order valence-electron chi connectivity index (χ2n) is 4.53. The van der Waals surface area contributed by atoms with Gasteiger partial charge < -0.3 is 15.2 Å². The monoisotopic (exact) mass is 235 g/mol. The van der Waals surface area contributed by atoms with Gasteiger partial charge in [-0.2, -0.15) is 0 Å². The first kappa shape index (κ1) is 12.4. The third-order valence-electron chi connectivity index (χ3n) is 3.36. The number of hydrogen-bond acceptors (Lipinski definition) is 3. The first-order valence-electron chi connectivity index (χ1n) is 6.43. The molecule has 1 aliphatic heterocycles. The van der Waals surface area contributed by atoms with Crippen molar-refractivity contribution in [3.63, 3.8) is 0 Å². The predicted octanol–water partition coefficient (Wildman–Crippen LogP) is 2.12. The lowest BCUT2D eigenvalue weighted by atomic mass is 9.88. The highest BCUT2D eigenvalue weighted by molar-refractivity contribution is 5.28. The maximum Gasteiger partial charge on any atom is 0.119 e. The number of benzene rings is 1. The van der Waals surface area contributed by atoms with Gasteiger partial charge in [0.2, 0.25) is 0 Å². The smallest absolute Gasteiger partial charge is 0.119 e. The van der Waals surface area contributed by atoms with Gasteiger partial charge in [-0.15, -0.1) is 0 Å². The molecule has 17 heavy (non-hydrogen) atoms. The van der Waals surface area contributed by atoms with E-state index in [9.17, 15) is 5.11 Å². The van der Waals surface area contributed by atoms with Crippen LogP contribution >= 0.6 is 0 Å². The minimum absolute atomic E-state index is 0.340. The molecule has 1 aromatic carbocycles. The number of rotatable bonds is 4. The molecular formula is C14H21NO2. The molecule has 0 saturated carbocycles. The van der Waals surface area contributed by atoms with Gasteiger partial charge in [0.15, 0.2) is 0 Å². The summed E-state index contributed by atoms with van der Waals surface area (Å²) in [5.41, 5.74) is 1.00. The Kier molecular flexibility index (Phi) is 4.40. The van der Waals surface area contributed by atoms with E-state index in [1.807, 2.05) is 31.2 Å². The summed E-state index contributed by atoms with van der Waals surface area (Å²) < 4.78 is 5.39. The number of aliphatic hydroxyl groups excluding tert-OH is 1. The van der Waals surface area contributed by atoms with E-state index in [2.05, 4.69) is 5.32 Å². The third kappa shape index (κ3) is 3.20. The topological polar surface area (TPSA) is 41.5 Å². The molecule has 0 radical (unpaired) electrons. The molecule has 0 aliphatic carbocycles. The summed E-state index contributed by atoms with van der Waals surface area (Å²) in [4.78, 5) is 0. The van der Waals surface area contributed by atoms with E-state index in [1.54, 1.807) is 0 Å². The fourth-order valence-electron chi connectivity index (χ4n) is 2.36. The fraction of sp³-hybridized carbons (Fsp3) is 0.571. The highest BCUT2D eigenvalue weighted by atomic mass is 16.5. The van der Waals surface area contributed by atoms with Gasteiger partial charge in [0, 0.05) is 0 Å². The van der Waals surface area contributed by atoms with E-state index in [4.69, 9.17) is 4.74 Å². The van der Waals surface area contributed by atoms with Crippen molar-refractivity contribution >= 4 is 0 Å². The molecule has 0 amide bonds. The molecule has 1 unspecified atom stereocenters. The molecule has 1 aromatic rings. The van der Waals surface area contributed by atoms with Crippen molar-refractivity contribution in [1.29, 1.82) is 0 Å². The van der Waals surface area contributed by atoms with Crippen molar-refractivity contribution in [1.82, 2.24) is 5.32 Å². The van der Waals surface area contributed by atoms with E-state index >= 15 is 0 Å². The third-order valence-corrected chi connectivity index (χ3v) is 3.36. The molecule has 1 aliphatic rings. The van der Waals surface area contributed by atoms with Gasteiger partial charge in [0.25, 0.3) is 0 Å². The first-order valence-corrected chi connectivity index (χ1v) is 6.43. The highest BCUT2D eigenvalue weighted by Gasteiger charge is 2.22. The molecule has 2 N–H and O–H groups in total. The molecule has 1 atom stereocenters. The van der Waals surface area contributed by atoms with Crippen LogP contribution in [0, 0.1) is 5.92 Å². The normalized spacial score (nSPS) is 18.9. The lowest BCUT2D eigenvalue weighted by molar-refractivity contribution is 0.0889. The molecule has 1 saturated heterocycles. The van der Waals surface area contributed by atoms with Crippen LogP contribution < -0.4 is 10.1 Å². The number of nitrogens with one attached hydrogen (secondary N) is 1. The number of aliphatic hydroxyl groups is 1. The second-order valence-corrected chi connectivity index (χ2v) is 4.53. The maximum atomic E-state index is 10.3. The van der Waals surface area contributed by atoms with Crippen LogP contribution in [0.25, 0.3) is 0 Å². The van der Waals surface area contributed by atoms with Gasteiger partial charge in [-0.05, 0) is 56.5 Å². The van der Waals surface area contributed by atoms with Crippen LogP contribution in [0.3, 0.4) is 0 Å². The average Bonchev–Trinajstić information content (AvgIpc) is 2.40. The SMILES string of the molecule is CCOc1ccc(C(O)C2CCNCC2)cc1. The molecule has 3 nitrogen and oxygen atoms in total. The second kappa shape index (κ2) is 6.03. The maximum absolute atomic E-state index is 10.3. The Morgan fingerprint density at radius 3 is 2.53 bits per heavy atom. The highest BCUT2D eigenvalue weighted by Crippen LogP contribution is 2.29. The van der Waals surface area contributed by atoms with E-state index in [-0.39, 0.29) is 6.10 Å².